The van der Waals surface area contributed by atoms with Gasteiger partial charge in [0.2, 0.25) is 0 Å². The second-order valence-corrected chi connectivity index (χ2v) is 5.18. The van der Waals surface area contributed by atoms with Crippen molar-refractivity contribution in [1.82, 2.24) is 5.32 Å². The third-order valence-corrected chi connectivity index (χ3v) is 3.84. The van der Waals surface area contributed by atoms with Crippen LogP contribution in [0.5, 0.6) is 0 Å². The van der Waals surface area contributed by atoms with Gasteiger partial charge in [0, 0.05) is 12.3 Å². The van der Waals surface area contributed by atoms with E-state index in [4.69, 9.17) is 11.6 Å². The molecule has 0 aromatic heterocycles. The molecule has 0 aliphatic heterocycles. The maximum atomic E-state index is 11.8. The van der Waals surface area contributed by atoms with Gasteiger partial charge in [-0.2, -0.15) is 0 Å². The summed E-state index contributed by atoms with van der Waals surface area (Å²) in [4.78, 5) is 0.734. The summed E-state index contributed by atoms with van der Waals surface area (Å²) in [6, 6.07) is 7.30. The molecule has 0 heterocycles. The van der Waals surface area contributed by atoms with E-state index in [0.717, 1.165) is 24.4 Å². The van der Waals surface area contributed by atoms with Crippen LogP contribution in [0.2, 0.25) is 5.02 Å². The van der Waals surface area contributed by atoms with Crippen molar-refractivity contribution < 1.29 is 4.21 Å². The molecule has 84 valence electrons. The van der Waals surface area contributed by atoms with Crippen LogP contribution < -0.4 is 5.32 Å². The number of benzene rings is 1. The smallest absolute Gasteiger partial charge is 0.0574 e. The van der Waals surface area contributed by atoms with Gasteiger partial charge >= 0.3 is 0 Å². The maximum absolute atomic E-state index is 11.8. The Morgan fingerprint density at radius 2 is 2.07 bits per heavy atom. The Labute approximate surface area is 98.5 Å². The number of halogens is 1. The summed E-state index contributed by atoms with van der Waals surface area (Å²) < 4.78 is 11.8. The lowest BCUT2D eigenvalue weighted by molar-refractivity contribution is 0.669. The highest BCUT2D eigenvalue weighted by molar-refractivity contribution is 7.85. The number of hydrogen-bond acceptors (Lipinski definition) is 2. The summed E-state index contributed by atoms with van der Waals surface area (Å²) in [5.41, 5.74) is 0. The van der Waals surface area contributed by atoms with Crippen molar-refractivity contribution in [3.63, 3.8) is 0 Å². The molecule has 15 heavy (non-hydrogen) atoms. The summed E-state index contributed by atoms with van der Waals surface area (Å²) in [5, 5.41) is 3.81. The molecular weight excluding hydrogens is 230 g/mol. The average Bonchev–Trinajstić information content (AvgIpc) is 2.25. The number of rotatable bonds is 6. The Hall–Kier alpha value is -0.380. The Bertz CT molecular complexity index is 330. The van der Waals surface area contributed by atoms with E-state index < -0.39 is 10.8 Å². The van der Waals surface area contributed by atoms with Gasteiger partial charge in [-0.15, -0.1) is 0 Å². The van der Waals surface area contributed by atoms with Crippen LogP contribution >= 0.6 is 11.6 Å². The van der Waals surface area contributed by atoms with Gasteiger partial charge in [-0.05, 0) is 25.1 Å². The number of nitrogens with one attached hydrogen (secondary N) is 1. The van der Waals surface area contributed by atoms with Crippen LogP contribution in [-0.4, -0.2) is 23.1 Å². The molecule has 0 fully saturated rings. The molecule has 0 radical (unpaired) electrons. The van der Waals surface area contributed by atoms with E-state index >= 15 is 0 Å². The first-order chi connectivity index (χ1) is 7.25. The minimum absolute atomic E-state index is 0.589. The van der Waals surface area contributed by atoms with E-state index in [-0.39, 0.29) is 0 Å². The zero-order valence-corrected chi connectivity index (χ0v) is 10.4. The lowest BCUT2D eigenvalue weighted by atomic mass is 10.4. The molecule has 0 aliphatic carbocycles. The minimum atomic E-state index is -0.993. The predicted octanol–water partition coefficient (Wildman–Crippen LogP) is 2.45. The van der Waals surface area contributed by atoms with Crippen molar-refractivity contribution in [2.24, 2.45) is 0 Å². The third kappa shape index (κ3) is 4.33. The van der Waals surface area contributed by atoms with Gasteiger partial charge in [-0.3, -0.25) is 4.21 Å². The van der Waals surface area contributed by atoms with E-state index in [9.17, 15) is 4.21 Å². The first kappa shape index (κ1) is 12.7. The monoisotopic (exact) mass is 245 g/mol. The van der Waals surface area contributed by atoms with Gasteiger partial charge in [-0.1, -0.05) is 30.7 Å². The van der Waals surface area contributed by atoms with Gasteiger partial charge in [0.15, 0.2) is 0 Å². The molecule has 0 saturated heterocycles. The minimum Gasteiger partial charge on any atom is -0.316 e. The van der Waals surface area contributed by atoms with Crippen molar-refractivity contribution in [2.45, 2.75) is 18.2 Å². The van der Waals surface area contributed by atoms with Crippen molar-refractivity contribution in [2.75, 3.05) is 18.8 Å². The third-order valence-electron chi connectivity index (χ3n) is 1.97. The van der Waals surface area contributed by atoms with E-state index in [1.165, 1.54) is 0 Å². The van der Waals surface area contributed by atoms with Gasteiger partial charge in [0.25, 0.3) is 0 Å². The molecule has 0 saturated carbocycles. The highest BCUT2D eigenvalue weighted by Crippen LogP contribution is 2.18. The molecule has 1 atom stereocenters. The largest absolute Gasteiger partial charge is 0.316 e. The molecule has 2 nitrogen and oxygen atoms in total. The second kappa shape index (κ2) is 6.99. The summed E-state index contributed by atoms with van der Waals surface area (Å²) in [6.07, 6.45) is 1.10. The van der Waals surface area contributed by atoms with Crippen molar-refractivity contribution in [3.05, 3.63) is 29.3 Å². The molecule has 0 bridgehead atoms. The molecular formula is C11H16ClNOS. The first-order valence-corrected chi connectivity index (χ1v) is 6.79. The predicted molar refractivity (Wildman–Crippen MR) is 65.9 cm³/mol. The van der Waals surface area contributed by atoms with Crippen LogP contribution in [-0.2, 0) is 10.8 Å². The number of hydrogen-bond donors (Lipinski definition) is 1. The van der Waals surface area contributed by atoms with Crippen LogP contribution in [0.3, 0.4) is 0 Å². The first-order valence-electron chi connectivity index (χ1n) is 5.09. The van der Waals surface area contributed by atoms with Crippen molar-refractivity contribution in [3.8, 4) is 0 Å². The summed E-state index contributed by atoms with van der Waals surface area (Å²) in [6.45, 7) is 3.85. The van der Waals surface area contributed by atoms with E-state index in [2.05, 4.69) is 12.2 Å². The van der Waals surface area contributed by atoms with E-state index in [1.54, 1.807) is 6.07 Å². The quantitative estimate of drug-likeness (QED) is 0.780. The summed E-state index contributed by atoms with van der Waals surface area (Å²) >= 11 is 5.95. The Morgan fingerprint density at radius 3 is 2.73 bits per heavy atom. The lowest BCUT2D eigenvalue weighted by Crippen LogP contribution is -2.21. The normalized spacial score (nSPS) is 12.7. The fourth-order valence-electron chi connectivity index (χ4n) is 1.21. The molecule has 1 unspecified atom stereocenters. The summed E-state index contributed by atoms with van der Waals surface area (Å²) in [7, 11) is -0.993. The second-order valence-electron chi connectivity index (χ2n) is 3.23. The Morgan fingerprint density at radius 1 is 1.33 bits per heavy atom. The zero-order valence-electron chi connectivity index (χ0n) is 8.83. The molecule has 4 heteroatoms. The molecule has 1 N–H and O–H groups in total. The van der Waals surface area contributed by atoms with Crippen LogP contribution in [0, 0.1) is 0 Å². The van der Waals surface area contributed by atoms with Gasteiger partial charge in [-0.25, -0.2) is 0 Å². The molecule has 1 aromatic carbocycles. The van der Waals surface area contributed by atoms with E-state index in [1.807, 2.05) is 18.2 Å². The fraction of sp³-hybridized carbons (Fsp3) is 0.455. The fourth-order valence-corrected chi connectivity index (χ4v) is 2.67. The van der Waals surface area contributed by atoms with Crippen LogP contribution in [0.25, 0.3) is 0 Å². The maximum Gasteiger partial charge on any atom is 0.0574 e. The van der Waals surface area contributed by atoms with Crippen LogP contribution in [0.4, 0.5) is 0 Å². The highest BCUT2D eigenvalue weighted by atomic mass is 35.5. The van der Waals surface area contributed by atoms with Crippen LogP contribution in [0.15, 0.2) is 29.2 Å². The zero-order chi connectivity index (χ0) is 11.1. The van der Waals surface area contributed by atoms with Crippen LogP contribution in [0.1, 0.15) is 13.3 Å². The standard InChI is InChI=1S/C11H16ClNOS/c1-2-7-13-8-9-15(14)11-6-4-3-5-10(11)12/h3-6,13H,2,7-9H2,1H3. The van der Waals surface area contributed by atoms with Crippen molar-refractivity contribution >= 4 is 22.4 Å². The van der Waals surface area contributed by atoms with Gasteiger partial charge < -0.3 is 5.32 Å². The van der Waals surface area contributed by atoms with E-state index in [0.29, 0.717) is 10.8 Å². The molecule has 1 aromatic rings. The lowest BCUT2D eigenvalue weighted by Gasteiger charge is -2.05. The molecule has 0 spiro atoms. The topological polar surface area (TPSA) is 29.1 Å². The SMILES string of the molecule is CCCNCCS(=O)c1ccccc1Cl. The van der Waals surface area contributed by atoms with Crippen molar-refractivity contribution in [1.29, 1.82) is 0 Å². The Kier molecular flexibility index (Phi) is 5.91. The van der Waals surface area contributed by atoms with Gasteiger partial charge in [0.1, 0.15) is 0 Å². The average molecular weight is 246 g/mol. The van der Waals surface area contributed by atoms with Gasteiger partial charge in [0.05, 0.1) is 20.7 Å². The highest BCUT2D eigenvalue weighted by Gasteiger charge is 2.06. The Balaban J connectivity index is 2.44. The molecule has 0 aliphatic rings. The molecule has 0 amide bonds. The summed E-state index contributed by atoms with van der Waals surface area (Å²) in [5.74, 6) is 0.615. The molecule has 1 rings (SSSR count).